The van der Waals surface area contributed by atoms with Crippen molar-refractivity contribution in [3.8, 4) is 5.75 Å². The number of carbonyl (C=O) groups is 2. The maximum atomic E-state index is 12.1. The lowest BCUT2D eigenvalue weighted by Gasteiger charge is -2.19. The van der Waals surface area contributed by atoms with Crippen molar-refractivity contribution < 1.29 is 14.3 Å². The van der Waals surface area contributed by atoms with Gasteiger partial charge in [-0.05, 0) is 36.3 Å². The topological polar surface area (TPSA) is 58.6 Å². The standard InChI is InChI=1S/C20H19ClN2O3/c1-26-18-13-15(9-10-17(18)23-12-4-7-20(23)25)22-19(24)11-8-14-5-2-3-6-16(14)21/h2-3,5-6,8-11,13H,4,7,12H2,1H3,(H,22,24)/b11-8+. The average Bonchev–Trinajstić information content (AvgIpc) is 3.06. The van der Waals surface area contributed by atoms with Gasteiger partial charge in [0.25, 0.3) is 0 Å². The first-order chi connectivity index (χ1) is 12.6. The van der Waals surface area contributed by atoms with Crippen molar-refractivity contribution >= 4 is 40.9 Å². The smallest absolute Gasteiger partial charge is 0.248 e. The maximum absolute atomic E-state index is 12.1. The van der Waals surface area contributed by atoms with E-state index < -0.39 is 0 Å². The highest BCUT2D eigenvalue weighted by atomic mass is 35.5. The lowest BCUT2D eigenvalue weighted by Crippen LogP contribution is -2.24. The first-order valence-corrected chi connectivity index (χ1v) is 8.68. The molecule has 0 bridgehead atoms. The van der Waals surface area contributed by atoms with E-state index in [-0.39, 0.29) is 11.8 Å². The first kappa shape index (κ1) is 18.0. The van der Waals surface area contributed by atoms with Gasteiger partial charge >= 0.3 is 0 Å². The largest absolute Gasteiger partial charge is 0.494 e. The van der Waals surface area contributed by atoms with Gasteiger partial charge in [-0.25, -0.2) is 0 Å². The van der Waals surface area contributed by atoms with Crippen LogP contribution in [0.2, 0.25) is 5.02 Å². The normalized spacial score (nSPS) is 14.1. The highest BCUT2D eigenvalue weighted by Crippen LogP contribution is 2.33. The molecule has 1 N–H and O–H groups in total. The van der Waals surface area contributed by atoms with Crippen LogP contribution in [0.25, 0.3) is 6.08 Å². The van der Waals surface area contributed by atoms with Crippen LogP contribution >= 0.6 is 11.6 Å². The van der Waals surface area contributed by atoms with E-state index in [4.69, 9.17) is 16.3 Å². The van der Waals surface area contributed by atoms with Gasteiger partial charge < -0.3 is 15.0 Å². The molecule has 1 saturated heterocycles. The van der Waals surface area contributed by atoms with Crippen LogP contribution in [0.3, 0.4) is 0 Å². The second-order valence-electron chi connectivity index (χ2n) is 5.88. The quantitative estimate of drug-likeness (QED) is 0.805. The summed E-state index contributed by atoms with van der Waals surface area (Å²) < 4.78 is 5.39. The van der Waals surface area contributed by atoms with Gasteiger partial charge in [0.2, 0.25) is 11.8 Å². The molecule has 1 heterocycles. The molecule has 5 nitrogen and oxygen atoms in total. The molecule has 2 aromatic carbocycles. The molecular formula is C20H19ClN2O3. The van der Waals surface area contributed by atoms with E-state index in [0.717, 1.165) is 17.7 Å². The zero-order chi connectivity index (χ0) is 18.5. The van der Waals surface area contributed by atoms with Crippen molar-refractivity contribution in [2.75, 3.05) is 23.9 Å². The van der Waals surface area contributed by atoms with Crippen LogP contribution in [0.15, 0.2) is 48.5 Å². The summed E-state index contributed by atoms with van der Waals surface area (Å²) in [5.74, 6) is 0.355. The van der Waals surface area contributed by atoms with Crippen molar-refractivity contribution in [2.24, 2.45) is 0 Å². The number of amides is 2. The van der Waals surface area contributed by atoms with Crippen molar-refractivity contribution in [3.05, 3.63) is 59.1 Å². The SMILES string of the molecule is COc1cc(NC(=O)/C=C/c2ccccc2Cl)ccc1N1CCCC1=O. The molecule has 0 radical (unpaired) electrons. The van der Waals surface area contributed by atoms with Crippen LogP contribution in [-0.2, 0) is 9.59 Å². The Labute approximate surface area is 157 Å². The van der Waals surface area contributed by atoms with E-state index in [1.807, 2.05) is 18.2 Å². The fourth-order valence-corrected chi connectivity index (χ4v) is 3.04. The third-order valence-electron chi connectivity index (χ3n) is 4.13. The molecule has 0 spiro atoms. The Bertz CT molecular complexity index is 864. The second kappa shape index (κ2) is 8.06. The zero-order valence-electron chi connectivity index (χ0n) is 14.4. The summed E-state index contributed by atoms with van der Waals surface area (Å²) in [6.45, 7) is 0.682. The molecule has 2 aromatic rings. The summed E-state index contributed by atoms with van der Waals surface area (Å²) in [6, 6.07) is 12.5. The van der Waals surface area contributed by atoms with Crippen LogP contribution in [0.1, 0.15) is 18.4 Å². The maximum Gasteiger partial charge on any atom is 0.248 e. The fraction of sp³-hybridized carbons (Fsp3) is 0.200. The molecular weight excluding hydrogens is 352 g/mol. The van der Waals surface area contributed by atoms with Gasteiger partial charge in [-0.15, -0.1) is 0 Å². The Hall–Kier alpha value is -2.79. The number of carbonyl (C=O) groups excluding carboxylic acids is 2. The predicted molar refractivity (Wildman–Crippen MR) is 104 cm³/mol. The van der Waals surface area contributed by atoms with E-state index in [9.17, 15) is 9.59 Å². The number of ether oxygens (including phenoxy) is 1. The summed E-state index contributed by atoms with van der Waals surface area (Å²) in [4.78, 5) is 25.8. The van der Waals surface area contributed by atoms with Crippen LogP contribution in [0.4, 0.5) is 11.4 Å². The number of rotatable bonds is 5. The van der Waals surface area contributed by atoms with E-state index in [2.05, 4.69) is 5.32 Å². The monoisotopic (exact) mass is 370 g/mol. The molecule has 0 unspecified atom stereocenters. The molecule has 6 heteroatoms. The number of methoxy groups -OCH3 is 1. The Morgan fingerprint density at radius 2 is 2.08 bits per heavy atom. The number of nitrogens with zero attached hydrogens (tertiary/aromatic N) is 1. The van der Waals surface area contributed by atoms with Gasteiger partial charge in [0.15, 0.2) is 0 Å². The third-order valence-corrected chi connectivity index (χ3v) is 4.48. The number of halogens is 1. The number of hydrogen-bond donors (Lipinski definition) is 1. The van der Waals surface area contributed by atoms with Crippen molar-refractivity contribution in [1.29, 1.82) is 0 Å². The minimum atomic E-state index is -0.281. The summed E-state index contributed by atoms with van der Waals surface area (Å²) >= 11 is 6.07. The molecule has 1 fully saturated rings. The lowest BCUT2D eigenvalue weighted by atomic mass is 10.2. The third kappa shape index (κ3) is 4.06. The van der Waals surface area contributed by atoms with E-state index in [1.54, 1.807) is 42.4 Å². The van der Waals surface area contributed by atoms with E-state index >= 15 is 0 Å². The highest BCUT2D eigenvalue weighted by molar-refractivity contribution is 6.32. The molecule has 0 atom stereocenters. The van der Waals surface area contributed by atoms with Crippen LogP contribution < -0.4 is 15.0 Å². The van der Waals surface area contributed by atoms with Gasteiger partial charge in [0.05, 0.1) is 12.8 Å². The second-order valence-corrected chi connectivity index (χ2v) is 6.29. The van der Waals surface area contributed by atoms with Gasteiger partial charge in [-0.2, -0.15) is 0 Å². The van der Waals surface area contributed by atoms with E-state index in [0.29, 0.717) is 29.4 Å². The number of nitrogens with one attached hydrogen (secondary N) is 1. The molecule has 1 aliphatic heterocycles. The van der Waals surface area contributed by atoms with Gasteiger partial charge in [0, 0.05) is 35.8 Å². The number of benzene rings is 2. The van der Waals surface area contributed by atoms with Crippen LogP contribution in [-0.4, -0.2) is 25.5 Å². The molecule has 3 rings (SSSR count). The minimum Gasteiger partial charge on any atom is -0.494 e. The lowest BCUT2D eigenvalue weighted by molar-refractivity contribution is -0.117. The average molecular weight is 371 g/mol. The Kier molecular flexibility index (Phi) is 5.58. The van der Waals surface area contributed by atoms with Crippen molar-refractivity contribution in [3.63, 3.8) is 0 Å². The van der Waals surface area contributed by atoms with Crippen LogP contribution in [0, 0.1) is 0 Å². The first-order valence-electron chi connectivity index (χ1n) is 8.30. The van der Waals surface area contributed by atoms with E-state index in [1.165, 1.54) is 6.08 Å². The molecule has 26 heavy (non-hydrogen) atoms. The highest BCUT2D eigenvalue weighted by Gasteiger charge is 2.24. The number of hydrogen-bond acceptors (Lipinski definition) is 3. The van der Waals surface area contributed by atoms with Crippen LogP contribution in [0.5, 0.6) is 5.75 Å². The Balaban J connectivity index is 1.72. The summed E-state index contributed by atoms with van der Waals surface area (Å²) in [7, 11) is 1.54. The molecule has 0 aromatic heterocycles. The Morgan fingerprint density at radius 3 is 2.77 bits per heavy atom. The fourth-order valence-electron chi connectivity index (χ4n) is 2.84. The Morgan fingerprint density at radius 1 is 1.27 bits per heavy atom. The summed E-state index contributed by atoms with van der Waals surface area (Å²) in [5.41, 5.74) is 2.08. The molecule has 0 saturated carbocycles. The number of anilines is 2. The minimum absolute atomic E-state index is 0.0859. The summed E-state index contributed by atoms with van der Waals surface area (Å²) in [6.07, 6.45) is 4.47. The summed E-state index contributed by atoms with van der Waals surface area (Å²) in [5, 5.41) is 3.36. The molecule has 0 aliphatic carbocycles. The van der Waals surface area contributed by atoms with Gasteiger partial charge in [-0.1, -0.05) is 29.8 Å². The molecule has 1 aliphatic rings. The molecule has 2 amide bonds. The van der Waals surface area contributed by atoms with Gasteiger partial charge in [-0.3, -0.25) is 9.59 Å². The molecule has 134 valence electrons. The van der Waals surface area contributed by atoms with Gasteiger partial charge in [0.1, 0.15) is 5.75 Å². The van der Waals surface area contributed by atoms with Crippen molar-refractivity contribution in [1.82, 2.24) is 0 Å². The van der Waals surface area contributed by atoms with Crippen molar-refractivity contribution in [2.45, 2.75) is 12.8 Å². The predicted octanol–water partition coefficient (Wildman–Crippen LogP) is 4.13. The zero-order valence-corrected chi connectivity index (χ0v) is 15.1.